The predicted molar refractivity (Wildman–Crippen MR) is 75.4 cm³/mol. The molecule has 0 spiro atoms. The lowest BCUT2D eigenvalue weighted by Crippen LogP contribution is -2.46. The summed E-state index contributed by atoms with van der Waals surface area (Å²) in [5.41, 5.74) is 1.26. The van der Waals surface area contributed by atoms with Crippen LogP contribution in [-0.4, -0.2) is 41.3 Å². The molecule has 2 unspecified atom stereocenters. The molecule has 1 aromatic rings. The van der Waals surface area contributed by atoms with Crippen LogP contribution in [-0.2, 0) is 0 Å². The van der Waals surface area contributed by atoms with Crippen LogP contribution in [0, 0.1) is 6.92 Å². The Morgan fingerprint density at radius 1 is 1.16 bits per heavy atom. The van der Waals surface area contributed by atoms with Crippen molar-refractivity contribution < 1.29 is 9.84 Å². The third-order valence-corrected chi connectivity index (χ3v) is 4.50. The van der Waals surface area contributed by atoms with E-state index in [0.717, 1.165) is 31.7 Å². The molecule has 2 aliphatic heterocycles. The van der Waals surface area contributed by atoms with Crippen LogP contribution in [0.2, 0.25) is 0 Å². The van der Waals surface area contributed by atoms with E-state index in [1.807, 2.05) is 12.1 Å². The molecule has 0 aliphatic carbocycles. The molecular formula is C16H23NO2. The quantitative estimate of drug-likeness (QED) is 0.903. The van der Waals surface area contributed by atoms with Gasteiger partial charge in [0, 0.05) is 18.6 Å². The second-order valence-electron chi connectivity index (χ2n) is 5.91. The van der Waals surface area contributed by atoms with Gasteiger partial charge in [0.1, 0.15) is 12.4 Å². The van der Waals surface area contributed by atoms with Crippen LogP contribution in [0.25, 0.3) is 0 Å². The van der Waals surface area contributed by atoms with Gasteiger partial charge < -0.3 is 9.84 Å². The summed E-state index contributed by atoms with van der Waals surface area (Å²) < 4.78 is 5.81. The number of aliphatic hydroxyl groups is 1. The van der Waals surface area contributed by atoms with Gasteiger partial charge in [0.2, 0.25) is 0 Å². The Bertz CT molecular complexity index is 403. The summed E-state index contributed by atoms with van der Waals surface area (Å²) in [5, 5.41) is 9.78. The first-order valence-electron chi connectivity index (χ1n) is 7.35. The summed E-state index contributed by atoms with van der Waals surface area (Å²) in [6.45, 7) is 3.81. The SMILES string of the molecule is Cc1ccc(OCCN2C3CCC2CC(O)C3)cc1. The maximum Gasteiger partial charge on any atom is 0.119 e. The van der Waals surface area contributed by atoms with Crippen LogP contribution in [0.5, 0.6) is 5.75 Å². The smallest absolute Gasteiger partial charge is 0.119 e. The Balaban J connectivity index is 1.49. The summed E-state index contributed by atoms with van der Waals surface area (Å²) in [4.78, 5) is 2.54. The first-order valence-corrected chi connectivity index (χ1v) is 7.35. The van der Waals surface area contributed by atoms with Crippen molar-refractivity contribution in [3.63, 3.8) is 0 Å². The van der Waals surface area contributed by atoms with Crippen molar-refractivity contribution in [2.75, 3.05) is 13.2 Å². The molecule has 2 bridgehead atoms. The molecule has 104 valence electrons. The van der Waals surface area contributed by atoms with Crippen LogP contribution >= 0.6 is 0 Å². The summed E-state index contributed by atoms with van der Waals surface area (Å²) in [5.74, 6) is 0.954. The van der Waals surface area contributed by atoms with Gasteiger partial charge in [-0.25, -0.2) is 0 Å². The summed E-state index contributed by atoms with van der Waals surface area (Å²) in [7, 11) is 0. The zero-order valence-electron chi connectivity index (χ0n) is 11.6. The van der Waals surface area contributed by atoms with Crippen LogP contribution in [0.4, 0.5) is 0 Å². The maximum absolute atomic E-state index is 9.78. The van der Waals surface area contributed by atoms with E-state index in [-0.39, 0.29) is 6.10 Å². The van der Waals surface area contributed by atoms with Crippen molar-refractivity contribution in [1.82, 2.24) is 4.90 Å². The number of hydrogen-bond donors (Lipinski definition) is 1. The average molecular weight is 261 g/mol. The van der Waals surface area contributed by atoms with Crippen molar-refractivity contribution in [3.8, 4) is 5.75 Å². The molecule has 2 aliphatic rings. The van der Waals surface area contributed by atoms with Crippen molar-refractivity contribution >= 4 is 0 Å². The lowest BCUT2D eigenvalue weighted by Gasteiger charge is -2.36. The number of benzene rings is 1. The van der Waals surface area contributed by atoms with E-state index < -0.39 is 0 Å². The standard InChI is InChI=1S/C16H23NO2/c1-12-2-6-16(7-3-12)19-9-8-17-13-4-5-14(17)11-15(18)10-13/h2-3,6-7,13-15,18H,4-5,8-11H2,1H3. The number of hydrogen-bond acceptors (Lipinski definition) is 3. The minimum atomic E-state index is -0.0771. The molecule has 2 saturated heterocycles. The van der Waals surface area contributed by atoms with E-state index in [0.29, 0.717) is 12.1 Å². The fourth-order valence-corrected chi connectivity index (χ4v) is 3.51. The Kier molecular flexibility index (Phi) is 3.76. The minimum absolute atomic E-state index is 0.0771. The lowest BCUT2D eigenvalue weighted by molar-refractivity contribution is 0.0288. The molecule has 0 aromatic heterocycles. The van der Waals surface area contributed by atoms with Gasteiger partial charge in [-0.3, -0.25) is 4.90 Å². The molecule has 3 nitrogen and oxygen atoms in total. The molecule has 1 aromatic carbocycles. The van der Waals surface area contributed by atoms with E-state index in [2.05, 4.69) is 24.0 Å². The number of aliphatic hydroxyl groups excluding tert-OH is 1. The van der Waals surface area contributed by atoms with E-state index >= 15 is 0 Å². The number of fused-ring (bicyclic) bond motifs is 2. The molecule has 2 atom stereocenters. The van der Waals surface area contributed by atoms with Gasteiger partial charge in [-0.05, 0) is 44.7 Å². The van der Waals surface area contributed by atoms with Gasteiger partial charge in [0.15, 0.2) is 0 Å². The monoisotopic (exact) mass is 261 g/mol. The first kappa shape index (κ1) is 12.9. The summed E-state index contributed by atoms with van der Waals surface area (Å²) >= 11 is 0. The van der Waals surface area contributed by atoms with Crippen LogP contribution in [0.3, 0.4) is 0 Å². The summed E-state index contributed by atoms with van der Waals surface area (Å²) in [6, 6.07) is 9.38. The zero-order valence-corrected chi connectivity index (χ0v) is 11.6. The molecule has 2 heterocycles. The topological polar surface area (TPSA) is 32.7 Å². The summed E-state index contributed by atoms with van der Waals surface area (Å²) in [6.07, 6.45) is 4.30. The highest BCUT2D eigenvalue weighted by atomic mass is 16.5. The third-order valence-electron chi connectivity index (χ3n) is 4.50. The maximum atomic E-state index is 9.78. The van der Waals surface area contributed by atoms with E-state index in [1.54, 1.807) is 0 Å². The lowest BCUT2D eigenvalue weighted by atomic mass is 10.0. The highest BCUT2D eigenvalue weighted by Crippen LogP contribution is 2.35. The van der Waals surface area contributed by atoms with Crippen LogP contribution in [0.15, 0.2) is 24.3 Å². The van der Waals surface area contributed by atoms with Crippen molar-refractivity contribution in [1.29, 1.82) is 0 Å². The highest BCUT2D eigenvalue weighted by Gasteiger charge is 2.39. The number of ether oxygens (including phenoxy) is 1. The van der Waals surface area contributed by atoms with E-state index in [4.69, 9.17) is 4.74 Å². The van der Waals surface area contributed by atoms with Crippen molar-refractivity contribution in [3.05, 3.63) is 29.8 Å². The van der Waals surface area contributed by atoms with Gasteiger partial charge in [-0.15, -0.1) is 0 Å². The van der Waals surface area contributed by atoms with E-state index in [1.165, 1.54) is 18.4 Å². The van der Waals surface area contributed by atoms with Gasteiger partial charge in [0.25, 0.3) is 0 Å². The van der Waals surface area contributed by atoms with Gasteiger partial charge in [0.05, 0.1) is 6.10 Å². The third kappa shape index (κ3) is 2.93. The number of rotatable bonds is 4. The molecule has 0 amide bonds. The van der Waals surface area contributed by atoms with Crippen LogP contribution in [0.1, 0.15) is 31.2 Å². The molecule has 0 saturated carbocycles. The number of aryl methyl sites for hydroxylation is 1. The fraction of sp³-hybridized carbons (Fsp3) is 0.625. The van der Waals surface area contributed by atoms with Gasteiger partial charge in [-0.1, -0.05) is 17.7 Å². The molecule has 1 N–H and O–H groups in total. The highest BCUT2D eigenvalue weighted by molar-refractivity contribution is 5.26. The first-order chi connectivity index (χ1) is 9.22. The van der Waals surface area contributed by atoms with Crippen molar-refractivity contribution in [2.45, 2.75) is 50.8 Å². The average Bonchev–Trinajstić information content (AvgIpc) is 2.64. The minimum Gasteiger partial charge on any atom is -0.492 e. The molecule has 2 fully saturated rings. The number of piperidine rings is 1. The number of nitrogens with zero attached hydrogens (tertiary/aromatic N) is 1. The van der Waals surface area contributed by atoms with Gasteiger partial charge >= 0.3 is 0 Å². The van der Waals surface area contributed by atoms with Crippen LogP contribution < -0.4 is 4.74 Å². The Morgan fingerprint density at radius 3 is 2.42 bits per heavy atom. The molecular weight excluding hydrogens is 238 g/mol. The van der Waals surface area contributed by atoms with Gasteiger partial charge in [-0.2, -0.15) is 0 Å². The van der Waals surface area contributed by atoms with Crippen molar-refractivity contribution in [2.24, 2.45) is 0 Å². The normalized spacial score (nSPS) is 30.5. The predicted octanol–water partition coefficient (Wildman–Crippen LogP) is 2.36. The molecule has 0 radical (unpaired) electrons. The largest absolute Gasteiger partial charge is 0.492 e. The zero-order chi connectivity index (χ0) is 13.2. The van der Waals surface area contributed by atoms with E-state index in [9.17, 15) is 5.11 Å². The second kappa shape index (κ2) is 5.51. The Labute approximate surface area is 115 Å². The fourth-order valence-electron chi connectivity index (χ4n) is 3.51. The molecule has 3 rings (SSSR count). The molecule has 19 heavy (non-hydrogen) atoms. The Hall–Kier alpha value is -1.06. The Morgan fingerprint density at radius 2 is 1.79 bits per heavy atom. The second-order valence-corrected chi connectivity index (χ2v) is 5.91. The molecule has 3 heteroatoms.